The van der Waals surface area contributed by atoms with Crippen LogP contribution in [0.3, 0.4) is 0 Å². The number of halogens is 1. The highest BCUT2D eigenvalue weighted by molar-refractivity contribution is 8.26. The largest absolute Gasteiger partial charge is 0.465 e. The van der Waals surface area contributed by atoms with E-state index in [0.717, 1.165) is 34.8 Å². The van der Waals surface area contributed by atoms with Gasteiger partial charge < -0.3 is 18.8 Å². The number of nitrogens with one attached hydrogen (secondary N) is 1. The third-order valence-corrected chi connectivity index (χ3v) is 9.07. The third kappa shape index (κ3) is 4.32. The molecule has 6 rings (SSSR count). The van der Waals surface area contributed by atoms with Gasteiger partial charge in [0.05, 0.1) is 32.7 Å². The van der Waals surface area contributed by atoms with Gasteiger partial charge in [-0.1, -0.05) is 11.8 Å². The molecule has 3 aliphatic heterocycles. The number of amides is 2. The van der Waals surface area contributed by atoms with Crippen molar-refractivity contribution in [1.82, 2.24) is 19.9 Å². The number of aromatic nitrogens is 1. The summed E-state index contributed by atoms with van der Waals surface area (Å²) < 4.78 is 22.7. The van der Waals surface area contributed by atoms with Gasteiger partial charge in [0.25, 0.3) is 11.8 Å². The van der Waals surface area contributed by atoms with E-state index >= 15 is 4.39 Å². The molecule has 1 N–H and O–H groups in total. The molecule has 2 amide bonds. The summed E-state index contributed by atoms with van der Waals surface area (Å²) in [5.74, 6) is -0.668. The van der Waals surface area contributed by atoms with Crippen LogP contribution in [0.25, 0.3) is 17.0 Å². The molecule has 13 heteroatoms. The molecule has 0 spiro atoms. The van der Waals surface area contributed by atoms with E-state index in [4.69, 9.17) is 16.6 Å². The van der Waals surface area contributed by atoms with E-state index in [2.05, 4.69) is 10.3 Å². The number of rotatable bonds is 4. The number of likely N-dealkylation sites (N-methyl/N-ethyl adjacent to an activating group) is 1. The van der Waals surface area contributed by atoms with Gasteiger partial charge in [-0.2, -0.15) is 5.01 Å². The van der Waals surface area contributed by atoms with Crippen molar-refractivity contribution in [2.45, 2.75) is 11.4 Å². The van der Waals surface area contributed by atoms with Crippen LogP contribution in [0, 0.1) is 5.82 Å². The van der Waals surface area contributed by atoms with Crippen molar-refractivity contribution in [3.8, 4) is 0 Å². The molecule has 0 atom stereocenters. The number of hydrazine groups is 1. The number of aryl methyl sites for hydroxylation is 1. The van der Waals surface area contributed by atoms with Gasteiger partial charge in [0, 0.05) is 50.7 Å². The molecule has 0 unspecified atom stereocenters. The number of hydrogen-bond donors (Lipinski definition) is 1. The Bertz CT molecular complexity index is 1580. The van der Waals surface area contributed by atoms with Gasteiger partial charge in [-0.25, -0.2) is 4.39 Å². The number of anilines is 1. The van der Waals surface area contributed by atoms with Crippen LogP contribution in [0.1, 0.15) is 16.1 Å². The number of carbonyl (C=O) groups excluding carboxylic acids is 2. The summed E-state index contributed by atoms with van der Waals surface area (Å²) in [5, 5.41) is 1.08. The summed E-state index contributed by atoms with van der Waals surface area (Å²) in [6.45, 7) is 3.57. The Kier molecular flexibility index (Phi) is 6.54. The van der Waals surface area contributed by atoms with E-state index in [1.807, 2.05) is 16.5 Å². The zero-order chi connectivity index (χ0) is 26.6. The fraction of sp³-hybridized carbons (Fsp3) is 0.280. The molecule has 0 radical (unpaired) electrons. The van der Waals surface area contributed by atoms with Crippen LogP contribution in [0.4, 0.5) is 10.1 Å². The summed E-state index contributed by atoms with van der Waals surface area (Å²) in [4.78, 5) is 44.8. The van der Waals surface area contributed by atoms with Gasteiger partial charge in [0.2, 0.25) is 5.43 Å². The zero-order valence-corrected chi connectivity index (χ0v) is 22.7. The predicted octanol–water partition coefficient (Wildman–Crippen LogP) is 3.14. The van der Waals surface area contributed by atoms with Gasteiger partial charge in [-0.3, -0.25) is 19.8 Å². The molecule has 2 fully saturated rings. The van der Waals surface area contributed by atoms with Gasteiger partial charge in [0.15, 0.2) is 4.32 Å². The Morgan fingerprint density at radius 1 is 1.21 bits per heavy atom. The van der Waals surface area contributed by atoms with E-state index in [-0.39, 0.29) is 20.2 Å². The van der Waals surface area contributed by atoms with Crippen LogP contribution in [0.15, 0.2) is 49.7 Å². The number of thioether (sulfide) groups is 2. The van der Waals surface area contributed by atoms with Crippen molar-refractivity contribution in [3.63, 3.8) is 0 Å². The van der Waals surface area contributed by atoms with Gasteiger partial charge in [-0.15, -0.1) is 11.8 Å². The van der Waals surface area contributed by atoms with E-state index in [1.54, 1.807) is 12.1 Å². The van der Waals surface area contributed by atoms with Crippen molar-refractivity contribution in [2.24, 2.45) is 0 Å². The highest BCUT2D eigenvalue weighted by atomic mass is 32.2. The molecule has 2 aromatic heterocycles. The second kappa shape index (κ2) is 9.88. The Hall–Kier alpha value is -3.13. The third-order valence-electron chi connectivity index (χ3n) is 6.71. The molecule has 196 valence electrons. The molecule has 38 heavy (non-hydrogen) atoms. The molecule has 9 nitrogen and oxygen atoms in total. The minimum atomic E-state index is -0.792. The van der Waals surface area contributed by atoms with E-state index in [0.29, 0.717) is 42.4 Å². The maximum Gasteiger partial charge on any atom is 0.285 e. The predicted molar refractivity (Wildman–Crippen MR) is 150 cm³/mol. The van der Waals surface area contributed by atoms with Gasteiger partial charge in [-0.05, 0) is 37.5 Å². The average Bonchev–Trinajstić information content (AvgIpc) is 3.50. The van der Waals surface area contributed by atoms with Crippen LogP contribution in [-0.4, -0.2) is 69.6 Å². The second-order valence-electron chi connectivity index (χ2n) is 9.11. The Labute approximate surface area is 230 Å². The van der Waals surface area contributed by atoms with Crippen molar-refractivity contribution in [1.29, 1.82) is 0 Å². The first-order valence-corrected chi connectivity index (χ1v) is 14.1. The fourth-order valence-electron chi connectivity index (χ4n) is 4.76. The molecular weight excluding hydrogens is 550 g/mol. The molecule has 1 aromatic carbocycles. The molecule has 0 aliphatic carbocycles. The fourth-order valence-corrected chi connectivity index (χ4v) is 7.14. The Morgan fingerprint density at radius 2 is 2.00 bits per heavy atom. The summed E-state index contributed by atoms with van der Waals surface area (Å²) in [6, 6.07) is 4.61. The Morgan fingerprint density at radius 3 is 2.74 bits per heavy atom. The van der Waals surface area contributed by atoms with E-state index < -0.39 is 23.1 Å². The SMILES string of the molecule is CN1CCN(c2c(F)cc3c(=O)c(C(=O)NN4C(=O)/C(=C/c5ccco5)SC4=S)cn4c3c2SCC4)CC1. The van der Waals surface area contributed by atoms with Gasteiger partial charge in [0.1, 0.15) is 17.1 Å². The molecule has 2 saturated heterocycles. The quantitative estimate of drug-likeness (QED) is 0.375. The van der Waals surface area contributed by atoms with Crippen molar-refractivity contribution >= 4 is 74.5 Å². The zero-order valence-electron chi connectivity index (χ0n) is 20.2. The molecule has 0 saturated carbocycles. The van der Waals surface area contributed by atoms with E-state index in [9.17, 15) is 14.4 Å². The van der Waals surface area contributed by atoms with Crippen LogP contribution in [-0.2, 0) is 11.3 Å². The van der Waals surface area contributed by atoms with Crippen LogP contribution < -0.4 is 15.8 Å². The summed E-state index contributed by atoms with van der Waals surface area (Å²) >= 11 is 7.82. The monoisotopic (exact) mass is 571 g/mol. The molecule has 5 heterocycles. The maximum atomic E-state index is 15.5. The number of benzene rings is 1. The highest BCUT2D eigenvalue weighted by Gasteiger charge is 2.35. The average molecular weight is 572 g/mol. The number of pyridine rings is 1. The van der Waals surface area contributed by atoms with Crippen molar-refractivity contribution in [2.75, 3.05) is 43.9 Å². The lowest BCUT2D eigenvalue weighted by Gasteiger charge is -2.36. The first kappa shape index (κ1) is 25.2. The molecule has 3 aromatic rings. The molecular formula is C25H22FN5O4S3. The summed E-state index contributed by atoms with van der Waals surface area (Å²) in [7, 11) is 2.04. The number of furan rings is 1. The first-order valence-electron chi connectivity index (χ1n) is 11.9. The molecule has 3 aliphatic rings. The van der Waals surface area contributed by atoms with Crippen molar-refractivity contribution < 1.29 is 18.4 Å². The summed E-state index contributed by atoms with van der Waals surface area (Å²) in [5.41, 5.74) is 2.82. The molecule has 0 bridgehead atoms. The second-order valence-corrected chi connectivity index (χ2v) is 11.9. The minimum Gasteiger partial charge on any atom is -0.465 e. The lowest BCUT2D eigenvalue weighted by molar-refractivity contribution is -0.123. The number of carbonyl (C=O) groups is 2. The maximum absolute atomic E-state index is 15.5. The number of hydrogen-bond acceptors (Lipinski definition) is 9. The smallest absolute Gasteiger partial charge is 0.285 e. The van der Waals surface area contributed by atoms with E-state index in [1.165, 1.54) is 36.4 Å². The normalized spacial score (nSPS) is 19.2. The van der Waals surface area contributed by atoms with Crippen LogP contribution in [0.2, 0.25) is 0 Å². The highest BCUT2D eigenvalue weighted by Crippen LogP contribution is 2.41. The van der Waals surface area contributed by atoms with Gasteiger partial charge >= 0.3 is 0 Å². The standard InChI is InChI=1S/C25H22FN5O4S3/c1-28-4-6-29(7-5-28)20-17(26)12-15-19-22(20)37-10-8-30(19)13-16(21(15)32)23(33)27-31-24(34)18(38-25(31)36)11-14-3-2-9-35-14/h2-3,9,11-13H,4-8,10H2,1H3,(H,27,33)/b18-11-. The lowest BCUT2D eigenvalue weighted by atomic mass is 10.1. The van der Waals surface area contributed by atoms with Crippen LogP contribution >= 0.6 is 35.7 Å². The first-order chi connectivity index (χ1) is 18.3. The summed E-state index contributed by atoms with van der Waals surface area (Å²) in [6.07, 6.45) is 4.50. The van der Waals surface area contributed by atoms with Crippen LogP contribution in [0.5, 0.6) is 0 Å². The lowest BCUT2D eigenvalue weighted by Crippen LogP contribution is -2.46. The van der Waals surface area contributed by atoms with Crippen molar-refractivity contribution in [3.05, 3.63) is 62.9 Å². The number of thiocarbonyl (C=S) groups is 1. The Balaban J connectivity index is 1.34. The number of nitrogens with zero attached hydrogens (tertiary/aromatic N) is 4. The number of piperazine rings is 1. The topological polar surface area (TPSA) is 91.0 Å². The minimum absolute atomic E-state index is 0.116.